The minimum atomic E-state index is 0.423. The molecule has 0 amide bonds. The summed E-state index contributed by atoms with van der Waals surface area (Å²) in [5.41, 5.74) is 5.53. The highest BCUT2D eigenvalue weighted by Crippen LogP contribution is 2.23. The van der Waals surface area contributed by atoms with Gasteiger partial charge in [-0.2, -0.15) is 0 Å². The van der Waals surface area contributed by atoms with Crippen molar-refractivity contribution in [2.75, 3.05) is 6.54 Å². The van der Waals surface area contributed by atoms with Crippen molar-refractivity contribution in [3.05, 3.63) is 0 Å². The topological polar surface area (TPSA) is 38.4 Å². The van der Waals surface area contributed by atoms with Crippen LogP contribution in [-0.4, -0.2) is 12.9 Å². The molecular weight excluding hydrogens is 124 g/mol. The molecule has 0 saturated carbocycles. The van der Waals surface area contributed by atoms with Gasteiger partial charge in [-0.05, 0) is 11.8 Å². The van der Waals surface area contributed by atoms with Gasteiger partial charge < -0.3 is 5.73 Å². The summed E-state index contributed by atoms with van der Waals surface area (Å²) in [4.78, 5) is 3.96. The maximum atomic E-state index is 5.11. The number of hydrogen-bond donors (Lipinski definition) is 1. The quantitative estimate of drug-likeness (QED) is 0.471. The molecule has 0 spiro atoms. The smallest absolute Gasteiger partial charge is 0.0797 e. The van der Waals surface area contributed by atoms with Crippen LogP contribution in [0.4, 0.5) is 0 Å². The fraction of sp³-hybridized carbons (Fsp3) is 0.875. The van der Waals surface area contributed by atoms with E-state index in [1.807, 2.05) is 0 Å². The second kappa shape index (κ2) is 4.31. The van der Waals surface area contributed by atoms with Gasteiger partial charge in [0.25, 0.3) is 0 Å². The van der Waals surface area contributed by atoms with E-state index in [1.165, 1.54) is 12.8 Å². The molecule has 2 nitrogen and oxygen atoms in total. The van der Waals surface area contributed by atoms with E-state index in [2.05, 4.69) is 25.8 Å². The summed E-state index contributed by atoms with van der Waals surface area (Å²) in [6.45, 7) is 7.56. The summed E-state index contributed by atoms with van der Waals surface area (Å²) >= 11 is 0. The van der Waals surface area contributed by atoms with E-state index in [0.29, 0.717) is 5.41 Å². The van der Waals surface area contributed by atoms with Gasteiger partial charge in [-0.1, -0.05) is 27.2 Å². The summed E-state index contributed by atoms with van der Waals surface area (Å²) in [7, 11) is 0. The zero-order valence-corrected chi connectivity index (χ0v) is 7.22. The first-order chi connectivity index (χ1) is 4.62. The summed E-state index contributed by atoms with van der Waals surface area (Å²) in [5, 5.41) is 0. The lowest BCUT2D eigenvalue weighted by atomic mass is 9.87. The molecule has 10 heavy (non-hydrogen) atoms. The van der Waals surface area contributed by atoms with Crippen LogP contribution in [0.5, 0.6) is 0 Å². The van der Waals surface area contributed by atoms with E-state index in [9.17, 15) is 0 Å². The first-order valence-electron chi connectivity index (χ1n) is 3.82. The van der Waals surface area contributed by atoms with Crippen molar-refractivity contribution in [3.8, 4) is 0 Å². The van der Waals surface area contributed by atoms with Crippen LogP contribution in [0.3, 0.4) is 0 Å². The van der Waals surface area contributed by atoms with E-state index in [-0.39, 0.29) is 0 Å². The molecule has 0 aromatic carbocycles. The Balaban J connectivity index is 3.46. The predicted octanol–water partition coefficient (Wildman–Crippen LogP) is 1.80. The summed E-state index contributed by atoms with van der Waals surface area (Å²) in [6, 6.07) is 0. The van der Waals surface area contributed by atoms with Gasteiger partial charge in [-0.15, -0.1) is 0 Å². The number of nitrogens with two attached hydrogens (primary N) is 1. The molecule has 0 unspecified atom stereocenters. The van der Waals surface area contributed by atoms with E-state index in [0.717, 1.165) is 13.0 Å². The lowest BCUT2D eigenvalue weighted by Gasteiger charge is -2.20. The fourth-order valence-electron chi connectivity index (χ4n) is 0.619. The Hall–Kier alpha value is -0.530. The molecule has 0 aliphatic heterocycles. The first-order valence-corrected chi connectivity index (χ1v) is 3.82. The molecule has 0 atom stereocenters. The molecule has 2 heteroatoms. The minimum absolute atomic E-state index is 0.423. The Morgan fingerprint density at radius 1 is 1.50 bits per heavy atom. The highest BCUT2D eigenvalue weighted by Gasteiger charge is 2.13. The molecule has 0 saturated heterocycles. The zero-order chi connectivity index (χ0) is 8.04. The van der Waals surface area contributed by atoms with E-state index in [4.69, 9.17) is 5.73 Å². The van der Waals surface area contributed by atoms with Crippen LogP contribution in [0.25, 0.3) is 0 Å². The highest BCUT2D eigenvalue weighted by molar-refractivity contribution is 5.50. The summed E-state index contributed by atoms with van der Waals surface area (Å²) in [6.07, 6.45) is 3.70. The average Bonchev–Trinajstić information content (AvgIpc) is 1.89. The van der Waals surface area contributed by atoms with Crippen LogP contribution >= 0.6 is 0 Å². The van der Waals surface area contributed by atoms with E-state index >= 15 is 0 Å². The molecule has 60 valence electrons. The van der Waals surface area contributed by atoms with Crippen molar-refractivity contribution < 1.29 is 0 Å². The van der Waals surface area contributed by atoms with Gasteiger partial charge in [-0.3, -0.25) is 4.99 Å². The molecule has 0 aromatic heterocycles. The lowest BCUT2D eigenvalue weighted by molar-refractivity contribution is 0.328. The lowest BCUT2D eigenvalue weighted by Crippen LogP contribution is -2.11. The normalized spacial score (nSPS) is 12.7. The Morgan fingerprint density at radius 2 is 2.10 bits per heavy atom. The van der Waals surface area contributed by atoms with Crippen LogP contribution in [0.2, 0.25) is 0 Å². The van der Waals surface area contributed by atoms with Crippen molar-refractivity contribution in [1.29, 1.82) is 0 Å². The van der Waals surface area contributed by atoms with Gasteiger partial charge in [0.05, 0.1) is 6.34 Å². The Kier molecular flexibility index (Phi) is 4.08. The van der Waals surface area contributed by atoms with Crippen molar-refractivity contribution in [3.63, 3.8) is 0 Å². The number of hydrogen-bond acceptors (Lipinski definition) is 1. The van der Waals surface area contributed by atoms with Crippen molar-refractivity contribution >= 4 is 6.34 Å². The van der Waals surface area contributed by atoms with Gasteiger partial charge >= 0.3 is 0 Å². The molecule has 0 rings (SSSR count). The average molecular weight is 142 g/mol. The Morgan fingerprint density at radius 3 is 2.50 bits per heavy atom. The van der Waals surface area contributed by atoms with Gasteiger partial charge in [0.1, 0.15) is 0 Å². The predicted molar refractivity (Wildman–Crippen MR) is 46.2 cm³/mol. The minimum Gasteiger partial charge on any atom is -0.390 e. The monoisotopic (exact) mass is 142 g/mol. The van der Waals surface area contributed by atoms with Gasteiger partial charge in [0.2, 0.25) is 0 Å². The third kappa shape index (κ3) is 4.36. The first kappa shape index (κ1) is 9.47. The summed E-state index contributed by atoms with van der Waals surface area (Å²) < 4.78 is 0. The standard InChI is InChI=1S/C8H18N2/c1-4-8(2,3)5-6-10-7-9/h7H,4-6H2,1-3H3,(H2,9,10). The third-order valence-electron chi connectivity index (χ3n) is 1.98. The SMILES string of the molecule is CCC(C)(C)CCN=CN. The number of nitrogens with zero attached hydrogens (tertiary/aromatic N) is 1. The van der Waals surface area contributed by atoms with Crippen LogP contribution in [-0.2, 0) is 0 Å². The second-order valence-corrected chi connectivity index (χ2v) is 3.32. The molecule has 0 fully saturated rings. The maximum Gasteiger partial charge on any atom is 0.0797 e. The van der Waals surface area contributed by atoms with Gasteiger partial charge in [0.15, 0.2) is 0 Å². The van der Waals surface area contributed by atoms with E-state index < -0.39 is 0 Å². The number of aliphatic imine (C=N–C) groups is 1. The van der Waals surface area contributed by atoms with Crippen LogP contribution in [0, 0.1) is 5.41 Å². The molecule has 2 N–H and O–H groups in total. The van der Waals surface area contributed by atoms with Crippen LogP contribution in [0.15, 0.2) is 4.99 Å². The maximum absolute atomic E-state index is 5.11. The highest BCUT2D eigenvalue weighted by atomic mass is 14.8. The van der Waals surface area contributed by atoms with E-state index in [1.54, 1.807) is 0 Å². The number of rotatable bonds is 4. The fourth-order valence-corrected chi connectivity index (χ4v) is 0.619. The molecule has 0 radical (unpaired) electrons. The summed E-state index contributed by atoms with van der Waals surface area (Å²) in [5.74, 6) is 0. The molecule has 0 aliphatic carbocycles. The Labute approximate surface area is 63.5 Å². The largest absolute Gasteiger partial charge is 0.390 e. The van der Waals surface area contributed by atoms with Crippen molar-refractivity contribution in [1.82, 2.24) is 0 Å². The molecule has 0 bridgehead atoms. The second-order valence-electron chi connectivity index (χ2n) is 3.32. The van der Waals surface area contributed by atoms with Crippen LogP contribution < -0.4 is 5.73 Å². The molecular formula is C8H18N2. The van der Waals surface area contributed by atoms with Crippen molar-refractivity contribution in [2.24, 2.45) is 16.1 Å². The molecule has 0 heterocycles. The molecule has 0 aliphatic rings. The molecule has 0 aromatic rings. The third-order valence-corrected chi connectivity index (χ3v) is 1.98. The zero-order valence-electron chi connectivity index (χ0n) is 7.22. The van der Waals surface area contributed by atoms with Crippen LogP contribution in [0.1, 0.15) is 33.6 Å². The van der Waals surface area contributed by atoms with Gasteiger partial charge in [0, 0.05) is 6.54 Å². The van der Waals surface area contributed by atoms with Gasteiger partial charge in [-0.25, -0.2) is 0 Å². The Bertz CT molecular complexity index is 106. The van der Waals surface area contributed by atoms with Crippen molar-refractivity contribution in [2.45, 2.75) is 33.6 Å².